The molecule has 31 heavy (non-hydrogen) atoms. The first kappa shape index (κ1) is 21.4. The minimum atomic E-state index is 0.0541. The van der Waals surface area contributed by atoms with Crippen molar-refractivity contribution < 1.29 is 9.53 Å². The number of amides is 1. The molecule has 7 heteroatoms. The molecule has 0 radical (unpaired) electrons. The van der Waals surface area contributed by atoms with Crippen LogP contribution in [0.15, 0.2) is 36.4 Å². The summed E-state index contributed by atoms with van der Waals surface area (Å²) in [5.74, 6) is 1.19. The molecule has 2 aromatic heterocycles. The maximum atomic E-state index is 13.1. The van der Waals surface area contributed by atoms with E-state index in [1.54, 1.807) is 7.11 Å². The Hall–Kier alpha value is -2.80. The molecule has 1 aliphatic heterocycles. The lowest BCUT2D eigenvalue weighted by Crippen LogP contribution is -2.39. The lowest BCUT2D eigenvalue weighted by atomic mass is 9.92. The average Bonchev–Trinajstić information content (AvgIpc) is 3.27. The maximum absolute atomic E-state index is 13.1. The van der Waals surface area contributed by atoms with E-state index in [1.807, 2.05) is 36.9 Å². The number of aryl methyl sites for hydroxylation is 2. The predicted octanol–water partition coefficient (Wildman–Crippen LogP) is 4.42. The number of benzene rings is 1. The van der Waals surface area contributed by atoms with Gasteiger partial charge >= 0.3 is 0 Å². The third kappa shape index (κ3) is 4.77. The molecule has 1 aliphatic rings. The van der Waals surface area contributed by atoms with Crippen LogP contribution in [0.2, 0.25) is 0 Å². The molecule has 1 atom stereocenters. The van der Waals surface area contributed by atoms with Crippen LogP contribution in [0.3, 0.4) is 0 Å². The van der Waals surface area contributed by atoms with Gasteiger partial charge in [-0.25, -0.2) is 0 Å². The molecule has 1 unspecified atom stereocenters. The summed E-state index contributed by atoms with van der Waals surface area (Å²) in [5, 5.41) is 4.10. The van der Waals surface area contributed by atoms with Crippen molar-refractivity contribution in [3.8, 4) is 5.75 Å². The molecular weight excluding hydrogens is 408 g/mol. The van der Waals surface area contributed by atoms with E-state index in [4.69, 9.17) is 9.72 Å². The van der Waals surface area contributed by atoms with Crippen LogP contribution in [-0.2, 0) is 12.8 Å². The van der Waals surface area contributed by atoms with Crippen LogP contribution in [0.1, 0.15) is 63.6 Å². The van der Waals surface area contributed by atoms with Gasteiger partial charge in [0.25, 0.3) is 5.91 Å². The molecule has 0 aliphatic carbocycles. The minimum absolute atomic E-state index is 0.0541. The number of pyridine rings is 1. The summed E-state index contributed by atoms with van der Waals surface area (Å²) in [6, 6.07) is 12.5. The Bertz CT molecular complexity index is 1070. The molecule has 0 N–H and O–H groups in total. The first-order chi connectivity index (χ1) is 15.1. The minimum Gasteiger partial charge on any atom is -0.496 e. The largest absolute Gasteiger partial charge is 0.496 e. The Balaban J connectivity index is 1.54. The summed E-state index contributed by atoms with van der Waals surface area (Å²) in [6.45, 7) is 5.50. The van der Waals surface area contributed by atoms with Crippen LogP contribution >= 0.6 is 11.5 Å². The van der Waals surface area contributed by atoms with E-state index in [0.29, 0.717) is 11.4 Å². The van der Waals surface area contributed by atoms with Crippen LogP contribution < -0.4 is 4.74 Å². The molecule has 4 rings (SSSR count). The molecule has 3 heterocycles. The van der Waals surface area contributed by atoms with Gasteiger partial charge in [0.15, 0.2) is 0 Å². The summed E-state index contributed by atoms with van der Waals surface area (Å²) in [5.41, 5.74) is 5.25. The van der Waals surface area contributed by atoms with Crippen molar-refractivity contribution in [2.24, 2.45) is 0 Å². The zero-order valence-electron chi connectivity index (χ0n) is 18.3. The molecule has 3 aromatic rings. The number of carbonyl (C=O) groups is 1. The van der Waals surface area contributed by atoms with Crippen molar-refractivity contribution in [2.45, 2.75) is 45.4 Å². The van der Waals surface area contributed by atoms with Crippen molar-refractivity contribution >= 4 is 17.4 Å². The molecule has 162 valence electrons. The molecule has 1 amide bonds. The highest BCUT2D eigenvalue weighted by Crippen LogP contribution is 2.29. The Kier molecular flexibility index (Phi) is 6.61. The van der Waals surface area contributed by atoms with Crippen LogP contribution in [0.5, 0.6) is 5.75 Å². The fraction of sp³-hybridized carbons (Fsp3) is 0.417. The van der Waals surface area contributed by atoms with Gasteiger partial charge in [-0.15, -0.1) is 5.10 Å². The molecule has 6 nitrogen and oxygen atoms in total. The van der Waals surface area contributed by atoms with Gasteiger partial charge in [0.1, 0.15) is 10.6 Å². The van der Waals surface area contributed by atoms with E-state index in [9.17, 15) is 4.79 Å². The van der Waals surface area contributed by atoms with Gasteiger partial charge in [-0.2, -0.15) is 0 Å². The van der Waals surface area contributed by atoms with Crippen LogP contribution in [0, 0.1) is 6.92 Å². The van der Waals surface area contributed by atoms with Crippen molar-refractivity contribution in [3.63, 3.8) is 0 Å². The van der Waals surface area contributed by atoms with Crippen molar-refractivity contribution in [1.82, 2.24) is 19.5 Å². The van der Waals surface area contributed by atoms with E-state index in [0.717, 1.165) is 60.6 Å². The molecule has 0 saturated carbocycles. The van der Waals surface area contributed by atoms with Crippen molar-refractivity contribution in [2.75, 3.05) is 20.2 Å². The maximum Gasteiger partial charge on any atom is 0.267 e. The lowest BCUT2D eigenvalue weighted by Gasteiger charge is -2.32. The van der Waals surface area contributed by atoms with Crippen molar-refractivity contribution in [1.29, 1.82) is 0 Å². The number of para-hydroxylation sites is 1. The van der Waals surface area contributed by atoms with E-state index in [-0.39, 0.29) is 11.8 Å². The fourth-order valence-electron chi connectivity index (χ4n) is 4.30. The number of rotatable bonds is 6. The fourth-order valence-corrected chi connectivity index (χ4v) is 5.02. The smallest absolute Gasteiger partial charge is 0.267 e. The quantitative estimate of drug-likeness (QED) is 0.572. The van der Waals surface area contributed by atoms with Crippen LogP contribution in [-0.4, -0.2) is 45.6 Å². The molecule has 0 bridgehead atoms. The summed E-state index contributed by atoms with van der Waals surface area (Å²) < 4.78 is 9.50. The molecular formula is C24H28N4O2S. The Morgan fingerprint density at radius 3 is 2.94 bits per heavy atom. The molecule has 1 aromatic carbocycles. The zero-order valence-corrected chi connectivity index (χ0v) is 19.1. The standard InChI is InChI=1S/C24H28N4O2S/c1-4-20-23(31-27-26-20)24(29)28-11-7-9-19(15-28)21-14-17(12-16(2)25-21)13-18-8-5-6-10-22(18)30-3/h5-6,8,10,12,14,19H,4,7,9,11,13,15H2,1-3H3. The Morgan fingerprint density at radius 2 is 2.13 bits per heavy atom. The SMILES string of the molecule is CCc1nnsc1C(=O)N1CCCC(c2cc(Cc3ccccc3OC)cc(C)n2)C1. The normalized spacial score (nSPS) is 16.4. The average molecular weight is 437 g/mol. The first-order valence-corrected chi connectivity index (χ1v) is 11.6. The third-order valence-electron chi connectivity index (χ3n) is 5.83. The van der Waals surface area contributed by atoms with E-state index < -0.39 is 0 Å². The topological polar surface area (TPSA) is 68.2 Å². The number of ether oxygens (including phenoxy) is 1. The monoisotopic (exact) mass is 436 g/mol. The number of likely N-dealkylation sites (tertiary alicyclic amines) is 1. The highest BCUT2D eigenvalue weighted by molar-refractivity contribution is 7.08. The third-order valence-corrected chi connectivity index (χ3v) is 6.59. The second-order valence-electron chi connectivity index (χ2n) is 8.02. The summed E-state index contributed by atoms with van der Waals surface area (Å²) >= 11 is 1.20. The summed E-state index contributed by atoms with van der Waals surface area (Å²) in [4.78, 5) is 20.6. The Labute approximate surface area is 187 Å². The Morgan fingerprint density at radius 1 is 1.29 bits per heavy atom. The highest BCUT2D eigenvalue weighted by Gasteiger charge is 2.29. The first-order valence-electron chi connectivity index (χ1n) is 10.8. The summed E-state index contributed by atoms with van der Waals surface area (Å²) in [6.07, 6.45) is 3.53. The number of nitrogens with zero attached hydrogens (tertiary/aromatic N) is 4. The number of hydrogen-bond acceptors (Lipinski definition) is 6. The van der Waals surface area contributed by atoms with Gasteiger partial charge in [0, 0.05) is 36.8 Å². The van der Waals surface area contributed by atoms with Gasteiger partial charge in [0.05, 0.1) is 12.8 Å². The van der Waals surface area contributed by atoms with Gasteiger partial charge in [-0.3, -0.25) is 9.78 Å². The highest BCUT2D eigenvalue weighted by atomic mass is 32.1. The van der Waals surface area contributed by atoms with Crippen molar-refractivity contribution in [3.05, 3.63) is 69.5 Å². The zero-order chi connectivity index (χ0) is 21.8. The molecule has 1 fully saturated rings. The van der Waals surface area contributed by atoms with E-state index in [1.165, 1.54) is 17.1 Å². The van der Waals surface area contributed by atoms with Gasteiger partial charge in [-0.05, 0) is 67.0 Å². The van der Waals surface area contributed by atoms with Crippen LogP contribution in [0.4, 0.5) is 0 Å². The van der Waals surface area contributed by atoms with Gasteiger partial charge < -0.3 is 9.64 Å². The number of piperidine rings is 1. The summed E-state index contributed by atoms with van der Waals surface area (Å²) in [7, 11) is 1.71. The number of hydrogen-bond donors (Lipinski definition) is 0. The van der Waals surface area contributed by atoms with Gasteiger partial charge in [-0.1, -0.05) is 29.6 Å². The number of methoxy groups -OCH3 is 1. The predicted molar refractivity (Wildman–Crippen MR) is 122 cm³/mol. The second kappa shape index (κ2) is 9.56. The second-order valence-corrected chi connectivity index (χ2v) is 8.78. The number of aromatic nitrogens is 3. The number of carbonyl (C=O) groups excluding carboxylic acids is 1. The van der Waals surface area contributed by atoms with Gasteiger partial charge in [0.2, 0.25) is 0 Å². The van der Waals surface area contributed by atoms with Crippen LogP contribution in [0.25, 0.3) is 0 Å². The molecule has 1 saturated heterocycles. The lowest BCUT2D eigenvalue weighted by molar-refractivity contribution is 0.0709. The van der Waals surface area contributed by atoms with E-state index in [2.05, 4.69) is 27.8 Å². The van der Waals surface area contributed by atoms with E-state index >= 15 is 0 Å². The molecule has 0 spiro atoms.